The highest BCUT2D eigenvalue weighted by atomic mass is 35.5. The third-order valence-corrected chi connectivity index (χ3v) is 6.94. The van der Waals surface area contributed by atoms with Crippen LogP contribution in [0.2, 0.25) is 5.02 Å². The van der Waals surface area contributed by atoms with Crippen molar-refractivity contribution in [1.29, 1.82) is 0 Å². The first-order valence-electron chi connectivity index (χ1n) is 11.0. The second kappa shape index (κ2) is 8.61. The van der Waals surface area contributed by atoms with Gasteiger partial charge in [0.15, 0.2) is 11.2 Å². The fourth-order valence-electron chi connectivity index (χ4n) is 5.05. The minimum Gasteiger partial charge on any atom is -0.466 e. The predicted molar refractivity (Wildman–Crippen MR) is 129 cm³/mol. The predicted octanol–water partition coefficient (Wildman–Crippen LogP) is 4.98. The molecule has 0 bridgehead atoms. The van der Waals surface area contributed by atoms with Crippen molar-refractivity contribution in [2.24, 2.45) is 0 Å². The van der Waals surface area contributed by atoms with Crippen LogP contribution in [0.15, 0.2) is 86.5 Å². The molecule has 2 heterocycles. The Morgan fingerprint density at radius 2 is 1.79 bits per heavy atom. The Balaban J connectivity index is 1.69. The van der Waals surface area contributed by atoms with E-state index in [0.717, 1.165) is 5.56 Å². The number of hydrogen-bond acceptors (Lipinski definition) is 6. The van der Waals surface area contributed by atoms with E-state index in [-0.39, 0.29) is 34.7 Å². The van der Waals surface area contributed by atoms with Crippen molar-refractivity contribution >= 4 is 34.3 Å². The molecule has 34 heavy (non-hydrogen) atoms. The molecule has 0 saturated heterocycles. The van der Waals surface area contributed by atoms with Crippen molar-refractivity contribution in [3.8, 4) is 0 Å². The topological polar surface area (TPSA) is 85.6 Å². The number of Topliss-reactive ketones (excluding diaryl/α,β-unsaturated/α-hetero) is 1. The van der Waals surface area contributed by atoms with Gasteiger partial charge in [0.2, 0.25) is 0 Å². The number of methoxy groups -OCH3 is 1. The second-order valence-electron chi connectivity index (χ2n) is 8.55. The minimum absolute atomic E-state index is 0.117. The maximum Gasteiger partial charge on any atom is 0.336 e. The van der Waals surface area contributed by atoms with Crippen molar-refractivity contribution < 1.29 is 18.7 Å². The Morgan fingerprint density at radius 3 is 2.56 bits per heavy atom. The number of nitrogens with one attached hydrogen (secondary N) is 1. The van der Waals surface area contributed by atoms with Crippen LogP contribution >= 0.6 is 11.6 Å². The Hall–Kier alpha value is -3.64. The van der Waals surface area contributed by atoms with Crippen molar-refractivity contribution in [3.63, 3.8) is 0 Å². The molecule has 0 fully saturated rings. The summed E-state index contributed by atoms with van der Waals surface area (Å²) in [6, 6.07) is 14.4. The van der Waals surface area contributed by atoms with Gasteiger partial charge in [-0.3, -0.25) is 9.59 Å². The van der Waals surface area contributed by atoms with E-state index in [0.29, 0.717) is 39.4 Å². The number of ether oxygens (including phenoxy) is 1. The van der Waals surface area contributed by atoms with E-state index < -0.39 is 11.9 Å². The number of esters is 1. The lowest BCUT2D eigenvalue weighted by Crippen LogP contribution is -2.37. The summed E-state index contributed by atoms with van der Waals surface area (Å²) in [6.45, 7) is 1.75. The van der Waals surface area contributed by atoms with Crippen LogP contribution in [0.3, 0.4) is 0 Å². The van der Waals surface area contributed by atoms with Gasteiger partial charge in [-0.15, -0.1) is 0 Å². The summed E-state index contributed by atoms with van der Waals surface area (Å²) in [5, 5.41) is 4.25. The van der Waals surface area contributed by atoms with Crippen molar-refractivity contribution in [3.05, 3.63) is 104 Å². The van der Waals surface area contributed by atoms with Crippen LogP contribution in [0.4, 0.5) is 0 Å². The number of carbonyl (C=O) groups is 2. The average Bonchev–Trinajstić information content (AvgIpc) is 2.83. The highest BCUT2D eigenvalue weighted by Crippen LogP contribution is 2.46. The summed E-state index contributed by atoms with van der Waals surface area (Å²) >= 11 is 6.42. The van der Waals surface area contributed by atoms with E-state index >= 15 is 0 Å². The normalized spacial score (nSPS) is 20.3. The lowest BCUT2D eigenvalue weighted by atomic mass is 9.72. The molecule has 1 aliphatic carbocycles. The van der Waals surface area contributed by atoms with Crippen LogP contribution in [0.25, 0.3) is 11.0 Å². The Morgan fingerprint density at radius 1 is 1.06 bits per heavy atom. The highest BCUT2D eigenvalue weighted by Gasteiger charge is 2.42. The molecule has 0 unspecified atom stereocenters. The summed E-state index contributed by atoms with van der Waals surface area (Å²) in [6.07, 6.45) is 2.09. The van der Waals surface area contributed by atoms with Crippen LogP contribution in [-0.2, 0) is 14.3 Å². The zero-order chi connectivity index (χ0) is 24.0. The fraction of sp³-hybridized carbons (Fsp3) is 0.222. The van der Waals surface area contributed by atoms with Crippen LogP contribution in [0.1, 0.15) is 42.7 Å². The highest BCUT2D eigenvalue weighted by molar-refractivity contribution is 6.31. The van der Waals surface area contributed by atoms with Crippen LogP contribution in [0, 0.1) is 0 Å². The molecular formula is C27H22ClNO5. The van der Waals surface area contributed by atoms with Gasteiger partial charge in [0.05, 0.1) is 30.3 Å². The number of ketones is 1. The van der Waals surface area contributed by atoms with Gasteiger partial charge < -0.3 is 14.5 Å². The molecule has 7 heteroatoms. The van der Waals surface area contributed by atoms with E-state index in [9.17, 15) is 14.4 Å². The molecule has 1 aliphatic heterocycles. The number of para-hydroxylation sites is 1. The summed E-state index contributed by atoms with van der Waals surface area (Å²) in [7, 11) is 1.28. The van der Waals surface area contributed by atoms with Crippen LogP contribution in [0.5, 0.6) is 0 Å². The van der Waals surface area contributed by atoms with Crippen molar-refractivity contribution in [2.75, 3.05) is 7.11 Å². The molecule has 2 atom stereocenters. The number of rotatable bonds is 3. The van der Waals surface area contributed by atoms with E-state index in [1.54, 1.807) is 31.2 Å². The number of dihydropyridines is 1. The Labute approximate surface area is 200 Å². The smallest absolute Gasteiger partial charge is 0.336 e. The lowest BCUT2D eigenvalue weighted by molar-refractivity contribution is -0.136. The molecule has 1 aromatic heterocycles. The summed E-state index contributed by atoms with van der Waals surface area (Å²) in [5.41, 5.74) is 3.14. The standard InChI is InChI=1S/C27H22ClNO5/c1-14-23(27(32)33-2)24(18-13-34-22-10-6-4-8-17(22)26(18)31)25-20(29-14)11-15(12-21(25)30)16-7-3-5-9-19(16)28/h3-10,13,15,24,29H,11-12H2,1-2H3/t15-,24+/m0/s1. The van der Waals surface area contributed by atoms with Gasteiger partial charge in [0, 0.05) is 34.0 Å². The van der Waals surface area contributed by atoms with E-state index in [1.165, 1.54) is 13.4 Å². The number of fused-ring (bicyclic) bond motifs is 1. The largest absolute Gasteiger partial charge is 0.466 e. The maximum atomic E-state index is 13.6. The lowest BCUT2D eigenvalue weighted by Gasteiger charge is -2.36. The number of allylic oxidation sites excluding steroid dienone is 3. The number of hydrogen-bond donors (Lipinski definition) is 1. The number of carbonyl (C=O) groups excluding carboxylic acids is 2. The van der Waals surface area contributed by atoms with E-state index in [4.69, 9.17) is 20.8 Å². The molecule has 1 N–H and O–H groups in total. The zero-order valence-electron chi connectivity index (χ0n) is 18.7. The molecule has 2 aliphatic rings. The quantitative estimate of drug-likeness (QED) is 0.538. The summed E-state index contributed by atoms with van der Waals surface area (Å²) < 4.78 is 10.8. The first-order chi connectivity index (χ1) is 16.4. The number of benzene rings is 2. The Kier molecular flexibility index (Phi) is 5.62. The summed E-state index contributed by atoms with van der Waals surface area (Å²) in [4.78, 5) is 39.9. The van der Waals surface area contributed by atoms with Crippen molar-refractivity contribution in [2.45, 2.75) is 31.6 Å². The minimum atomic E-state index is -0.885. The van der Waals surface area contributed by atoms with Crippen LogP contribution in [-0.4, -0.2) is 18.9 Å². The molecule has 5 rings (SSSR count). The first-order valence-corrected chi connectivity index (χ1v) is 11.4. The van der Waals surface area contributed by atoms with Crippen molar-refractivity contribution in [1.82, 2.24) is 5.32 Å². The van der Waals surface area contributed by atoms with Gasteiger partial charge in [-0.1, -0.05) is 41.9 Å². The molecule has 0 amide bonds. The SMILES string of the molecule is COC(=O)C1=C(C)NC2=C(C(=O)C[C@@H](c3ccccc3Cl)C2)[C@@H]1c1coc2ccccc2c1=O. The van der Waals surface area contributed by atoms with Gasteiger partial charge in [0.25, 0.3) is 0 Å². The molecule has 172 valence electrons. The molecular weight excluding hydrogens is 454 g/mol. The molecule has 0 radical (unpaired) electrons. The Bertz CT molecular complexity index is 1470. The second-order valence-corrected chi connectivity index (χ2v) is 8.95. The van der Waals surface area contributed by atoms with E-state index in [1.807, 2.05) is 24.3 Å². The molecule has 3 aromatic rings. The van der Waals surface area contributed by atoms with Gasteiger partial charge >= 0.3 is 5.97 Å². The average molecular weight is 476 g/mol. The van der Waals surface area contributed by atoms with Crippen LogP contribution < -0.4 is 10.7 Å². The molecule has 0 spiro atoms. The fourth-order valence-corrected chi connectivity index (χ4v) is 5.34. The summed E-state index contributed by atoms with van der Waals surface area (Å²) in [5.74, 6) is -1.75. The third kappa shape index (κ3) is 3.55. The number of halogens is 1. The van der Waals surface area contributed by atoms with E-state index in [2.05, 4.69) is 5.32 Å². The molecule has 6 nitrogen and oxygen atoms in total. The first kappa shape index (κ1) is 22.2. The molecule has 2 aromatic carbocycles. The van der Waals surface area contributed by atoms with Gasteiger partial charge in [-0.2, -0.15) is 0 Å². The monoisotopic (exact) mass is 475 g/mol. The van der Waals surface area contributed by atoms with Gasteiger partial charge in [-0.25, -0.2) is 4.79 Å². The molecule has 0 saturated carbocycles. The van der Waals surface area contributed by atoms with Gasteiger partial charge in [0.1, 0.15) is 5.58 Å². The third-order valence-electron chi connectivity index (χ3n) is 6.60. The van der Waals surface area contributed by atoms with Gasteiger partial charge in [-0.05, 0) is 43.0 Å². The maximum absolute atomic E-state index is 13.6. The zero-order valence-corrected chi connectivity index (χ0v) is 19.4.